The van der Waals surface area contributed by atoms with Crippen LogP contribution in [-0.4, -0.2) is 84.6 Å². The molecule has 3 aliphatic heterocycles. The highest BCUT2D eigenvalue weighted by molar-refractivity contribution is 4.91. The topological polar surface area (TPSA) is 45.6 Å². The summed E-state index contributed by atoms with van der Waals surface area (Å²) in [4.78, 5) is 5.36. The normalized spacial score (nSPS) is 31.3. The van der Waals surface area contributed by atoms with Crippen LogP contribution in [0.2, 0.25) is 0 Å². The second kappa shape index (κ2) is 7.95. The standard InChI is InChI=1S/C18H31N5O/c1-5-20-23(7-1)17-3-8-22(9-4-17)18-14-19-6-2-16(18)15-21-10-12-24-13-11-21/h1,5,7,16-19H,2-4,6,8-15H2. The van der Waals surface area contributed by atoms with Crippen LogP contribution in [0.5, 0.6) is 0 Å². The number of ether oxygens (including phenoxy) is 1. The number of rotatable bonds is 4. The number of nitrogens with one attached hydrogen (secondary N) is 1. The number of hydrogen-bond donors (Lipinski definition) is 1. The van der Waals surface area contributed by atoms with Crippen LogP contribution in [0, 0.1) is 5.92 Å². The van der Waals surface area contributed by atoms with Gasteiger partial charge >= 0.3 is 0 Å². The molecule has 1 aromatic heterocycles. The first-order chi connectivity index (χ1) is 11.9. The summed E-state index contributed by atoms with van der Waals surface area (Å²) < 4.78 is 7.66. The molecule has 3 fully saturated rings. The molecule has 3 saturated heterocycles. The van der Waals surface area contributed by atoms with Gasteiger partial charge in [-0.05, 0) is 37.8 Å². The summed E-state index contributed by atoms with van der Waals surface area (Å²) in [7, 11) is 0. The average molecular weight is 333 g/mol. The second-order valence-electron chi connectivity index (χ2n) is 7.49. The van der Waals surface area contributed by atoms with Gasteiger partial charge in [0.25, 0.3) is 0 Å². The maximum absolute atomic E-state index is 5.51. The van der Waals surface area contributed by atoms with Crippen molar-refractivity contribution in [3.63, 3.8) is 0 Å². The molecular weight excluding hydrogens is 302 g/mol. The second-order valence-corrected chi connectivity index (χ2v) is 7.49. The Hall–Kier alpha value is -0.950. The molecule has 134 valence electrons. The maximum Gasteiger partial charge on any atom is 0.0594 e. The van der Waals surface area contributed by atoms with Crippen molar-refractivity contribution in [2.75, 3.05) is 59.0 Å². The molecule has 0 aromatic carbocycles. The Balaban J connectivity index is 1.33. The minimum Gasteiger partial charge on any atom is -0.379 e. The molecule has 24 heavy (non-hydrogen) atoms. The molecule has 2 unspecified atom stereocenters. The van der Waals surface area contributed by atoms with Gasteiger partial charge in [0.2, 0.25) is 0 Å². The minimum absolute atomic E-state index is 0.588. The van der Waals surface area contributed by atoms with Crippen molar-refractivity contribution in [2.24, 2.45) is 5.92 Å². The van der Waals surface area contributed by atoms with Crippen LogP contribution in [0.3, 0.4) is 0 Å². The lowest BCUT2D eigenvalue weighted by molar-refractivity contribution is 0.00957. The van der Waals surface area contributed by atoms with Gasteiger partial charge in [0.1, 0.15) is 0 Å². The fourth-order valence-electron chi connectivity index (χ4n) is 4.63. The van der Waals surface area contributed by atoms with Crippen molar-refractivity contribution in [1.29, 1.82) is 0 Å². The number of nitrogens with zero attached hydrogens (tertiary/aromatic N) is 4. The van der Waals surface area contributed by atoms with Crippen molar-refractivity contribution >= 4 is 0 Å². The molecule has 1 aromatic rings. The summed E-state index contributed by atoms with van der Waals surface area (Å²) >= 11 is 0. The van der Waals surface area contributed by atoms with Crippen molar-refractivity contribution in [3.8, 4) is 0 Å². The van der Waals surface area contributed by atoms with E-state index in [1.165, 1.54) is 45.4 Å². The van der Waals surface area contributed by atoms with E-state index in [1.54, 1.807) is 0 Å². The highest BCUT2D eigenvalue weighted by Gasteiger charge is 2.34. The third-order valence-electron chi connectivity index (χ3n) is 6.05. The van der Waals surface area contributed by atoms with Gasteiger partial charge in [0, 0.05) is 57.7 Å². The van der Waals surface area contributed by atoms with Crippen LogP contribution in [0.1, 0.15) is 25.3 Å². The first kappa shape index (κ1) is 16.5. The summed E-state index contributed by atoms with van der Waals surface area (Å²) in [5.41, 5.74) is 0. The number of hydrogen-bond acceptors (Lipinski definition) is 5. The molecule has 0 aliphatic carbocycles. The molecule has 0 spiro atoms. The van der Waals surface area contributed by atoms with Crippen LogP contribution in [0.15, 0.2) is 18.5 Å². The van der Waals surface area contributed by atoms with E-state index in [0.29, 0.717) is 12.1 Å². The zero-order chi connectivity index (χ0) is 16.2. The Labute approximate surface area is 145 Å². The molecule has 6 heteroatoms. The van der Waals surface area contributed by atoms with Crippen LogP contribution >= 0.6 is 0 Å². The van der Waals surface area contributed by atoms with Crippen molar-refractivity contribution in [2.45, 2.75) is 31.3 Å². The average Bonchev–Trinajstić information content (AvgIpc) is 3.18. The summed E-state index contributed by atoms with van der Waals surface area (Å²) in [6.45, 7) is 10.0. The molecular formula is C18H31N5O. The number of aromatic nitrogens is 2. The van der Waals surface area contributed by atoms with Crippen LogP contribution in [-0.2, 0) is 4.74 Å². The third kappa shape index (κ3) is 3.82. The van der Waals surface area contributed by atoms with Gasteiger partial charge in [-0.3, -0.25) is 14.5 Å². The molecule has 4 heterocycles. The Morgan fingerprint density at radius 1 is 1.08 bits per heavy atom. The Morgan fingerprint density at radius 2 is 1.92 bits per heavy atom. The van der Waals surface area contributed by atoms with E-state index in [4.69, 9.17) is 4.74 Å². The molecule has 0 amide bonds. The quantitative estimate of drug-likeness (QED) is 0.884. The molecule has 4 rings (SSSR count). The highest BCUT2D eigenvalue weighted by Crippen LogP contribution is 2.27. The van der Waals surface area contributed by atoms with Gasteiger partial charge < -0.3 is 10.1 Å². The van der Waals surface area contributed by atoms with Crippen molar-refractivity contribution < 1.29 is 4.74 Å². The highest BCUT2D eigenvalue weighted by atomic mass is 16.5. The van der Waals surface area contributed by atoms with Crippen LogP contribution < -0.4 is 5.32 Å². The maximum atomic E-state index is 5.51. The lowest BCUT2D eigenvalue weighted by Gasteiger charge is -2.45. The van der Waals surface area contributed by atoms with Crippen molar-refractivity contribution in [1.82, 2.24) is 24.9 Å². The fourth-order valence-corrected chi connectivity index (χ4v) is 4.63. The minimum atomic E-state index is 0.588. The van der Waals surface area contributed by atoms with Gasteiger partial charge in [0.05, 0.1) is 19.3 Å². The molecule has 0 bridgehead atoms. The number of morpholine rings is 1. The number of likely N-dealkylation sites (tertiary alicyclic amines) is 1. The van der Waals surface area contributed by atoms with E-state index < -0.39 is 0 Å². The summed E-state index contributed by atoms with van der Waals surface area (Å²) in [5, 5.41) is 8.07. The lowest BCUT2D eigenvalue weighted by Crippen LogP contribution is -2.56. The third-order valence-corrected chi connectivity index (χ3v) is 6.05. The van der Waals surface area contributed by atoms with Crippen LogP contribution in [0.4, 0.5) is 0 Å². The number of piperidine rings is 2. The van der Waals surface area contributed by atoms with Crippen LogP contribution in [0.25, 0.3) is 0 Å². The molecule has 3 aliphatic rings. The Kier molecular flexibility index (Phi) is 5.47. The molecule has 6 nitrogen and oxygen atoms in total. The van der Waals surface area contributed by atoms with Crippen molar-refractivity contribution in [3.05, 3.63) is 18.5 Å². The van der Waals surface area contributed by atoms with Gasteiger partial charge in [-0.25, -0.2) is 0 Å². The van der Waals surface area contributed by atoms with Gasteiger partial charge in [0.15, 0.2) is 0 Å². The fraction of sp³-hybridized carbons (Fsp3) is 0.833. The molecule has 2 atom stereocenters. The summed E-state index contributed by atoms with van der Waals surface area (Å²) in [6, 6.07) is 3.32. The molecule has 1 N–H and O–H groups in total. The Bertz CT molecular complexity index is 480. The SMILES string of the molecule is c1cnn(C2CCN(C3CNCCC3CN3CCOCC3)CC2)c1. The van der Waals surface area contributed by atoms with Gasteiger partial charge in [-0.1, -0.05) is 0 Å². The predicted octanol–water partition coefficient (Wildman–Crippen LogP) is 0.830. The summed E-state index contributed by atoms with van der Waals surface area (Å²) in [5.74, 6) is 0.797. The van der Waals surface area contributed by atoms with E-state index in [-0.39, 0.29) is 0 Å². The van der Waals surface area contributed by atoms with E-state index in [2.05, 4.69) is 31.1 Å². The van der Waals surface area contributed by atoms with E-state index in [1.807, 2.05) is 12.3 Å². The van der Waals surface area contributed by atoms with Gasteiger partial charge in [-0.15, -0.1) is 0 Å². The zero-order valence-electron chi connectivity index (χ0n) is 14.6. The largest absolute Gasteiger partial charge is 0.379 e. The summed E-state index contributed by atoms with van der Waals surface area (Å²) in [6.07, 6.45) is 7.77. The molecule has 0 radical (unpaired) electrons. The first-order valence-corrected chi connectivity index (χ1v) is 9.64. The molecule has 0 saturated carbocycles. The zero-order valence-corrected chi connectivity index (χ0v) is 14.6. The smallest absolute Gasteiger partial charge is 0.0594 e. The first-order valence-electron chi connectivity index (χ1n) is 9.64. The van der Waals surface area contributed by atoms with E-state index >= 15 is 0 Å². The monoisotopic (exact) mass is 333 g/mol. The van der Waals surface area contributed by atoms with Gasteiger partial charge in [-0.2, -0.15) is 5.10 Å². The van der Waals surface area contributed by atoms with E-state index in [0.717, 1.165) is 38.8 Å². The predicted molar refractivity (Wildman–Crippen MR) is 94.1 cm³/mol. The Morgan fingerprint density at radius 3 is 2.67 bits per heavy atom. The van der Waals surface area contributed by atoms with E-state index in [9.17, 15) is 0 Å². The lowest BCUT2D eigenvalue weighted by atomic mass is 9.89.